The number of carboxylic acids is 1. The van der Waals surface area contributed by atoms with Gasteiger partial charge in [0.25, 0.3) is 0 Å². The van der Waals surface area contributed by atoms with E-state index in [4.69, 9.17) is 4.74 Å². The van der Waals surface area contributed by atoms with Crippen LogP contribution in [0.3, 0.4) is 0 Å². The van der Waals surface area contributed by atoms with Gasteiger partial charge in [-0.15, -0.1) is 0 Å². The minimum absolute atomic E-state index is 0.0169. The second-order valence-electron chi connectivity index (χ2n) is 9.38. The molecule has 3 aliphatic rings. The molecule has 1 heterocycles. The molecular weight excluding hydrogens is 432 g/mol. The molecule has 2 aromatic carbocycles. The summed E-state index contributed by atoms with van der Waals surface area (Å²) in [5.41, 5.74) is 4.64. The van der Waals surface area contributed by atoms with Crippen molar-refractivity contribution >= 4 is 18.0 Å². The van der Waals surface area contributed by atoms with Crippen LogP contribution in [-0.4, -0.2) is 53.2 Å². The van der Waals surface area contributed by atoms with Crippen molar-refractivity contribution in [1.29, 1.82) is 0 Å². The molecule has 2 N–H and O–H groups in total. The molecule has 34 heavy (non-hydrogen) atoms. The second-order valence-corrected chi connectivity index (χ2v) is 9.38. The van der Waals surface area contributed by atoms with E-state index in [1.165, 1.54) is 16.0 Å². The summed E-state index contributed by atoms with van der Waals surface area (Å²) in [5, 5.41) is 12.3. The molecule has 4 unspecified atom stereocenters. The number of carboxylic acid groups (broad SMARTS) is 1. The molecule has 5 rings (SSSR count). The van der Waals surface area contributed by atoms with Crippen molar-refractivity contribution in [1.82, 2.24) is 10.2 Å². The van der Waals surface area contributed by atoms with Gasteiger partial charge in [0, 0.05) is 12.5 Å². The Hall–Kier alpha value is -3.61. The van der Waals surface area contributed by atoms with Crippen LogP contribution in [0.2, 0.25) is 0 Å². The van der Waals surface area contributed by atoms with Crippen LogP contribution in [0.25, 0.3) is 11.1 Å². The first kappa shape index (κ1) is 22.2. The Labute approximate surface area is 198 Å². The van der Waals surface area contributed by atoms with Crippen molar-refractivity contribution < 1.29 is 24.2 Å². The van der Waals surface area contributed by atoms with E-state index in [2.05, 4.69) is 29.6 Å². The van der Waals surface area contributed by atoms with Gasteiger partial charge >= 0.3 is 12.1 Å². The molecule has 7 heteroatoms. The summed E-state index contributed by atoms with van der Waals surface area (Å²) in [6, 6.07) is 15.2. The monoisotopic (exact) mass is 460 g/mol. The van der Waals surface area contributed by atoms with Crippen LogP contribution in [0.4, 0.5) is 4.79 Å². The van der Waals surface area contributed by atoms with Crippen molar-refractivity contribution in [2.24, 2.45) is 11.8 Å². The fraction of sp³-hybridized carbons (Fsp3) is 0.370. The average molecular weight is 461 g/mol. The Morgan fingerprint density at radius 1 is 1.03 bits per heavy atom. The topological polar surface area (TPSA) is 95.9 Å². The lowest BCUT2D eigenvalue weighted by Gasteiger charge is -2.26. The number of amides is 2. The number of fused-ring (bicyclic) bond motifs is 3. The summed E-state index contributed by atoms with van der Waals surface area (Å²) < 4.78 is 5.60. The van der Waals surface area contributed by atoms with Crippen molar-refractivity contribution in [2.45, 2.75) is 37.8 Å². The third kappa shape index (κ3) is 3.95. The Kier molecular flexibility index (Phi) is 5.86. The fourth-order valence-corrected chi connectivity index (χ4v) is 5.56. The number of rotatable bonds is 5. The van der Waals surface area contributed by atoms with E-state index >= 15 is 0 Å². The van der Waals surface area contributed by atoms with Crippen molar-refractivity contribution in [3.8, 4) is 11.1 Å². The Morgan fingerprint density at radius 3 is 2.32 bits per heavy atom. The Balaban J connectivity index is 1.17. The molecule has 1 fully saturated rings. The second kappa shape index (κ2) is 8.97. The van der Waals surface area contributed by atoms with Crippen LogP contribution in [0.5, 0.6) is 0 Å². The fourth-order valence-electron chi connectivity index (χ4n) is 5.56. The van der Waals surface area contributed by atoms with Gasteiger partial charge in [-0.05, 0) is 41.0 Å². The smallest absolute Gasteiger partial charge is 0.407 e. The number of carbonyl (C=O) groups excluding carboxylic acids is 2. The lowest BCUT2D eigenvalue weighted by molar-refractivity contribution is -0.150. The number of likely N-dealkylation sites (tertiary alicyclic amines) is 1. The first-order valence-corrected chi connectivity index (χ1v) is 11.8. The number of alkyl carbamates (subject to hydrolysis) is 1. The first-order chi connectivity index (χ1) is 16.4. The SMILES string of the molecule is CC1CCN(C(=O)C2C=CC(NC(=O)OCC3c4ccccc4-c4ccccc43)C2)C1C(=O)O. The summed E-state index contributed by atoms with van der Waals surface area (Å²) in [4.78, 5) is 38.6. The van der Waals surface area contributed by atoms with Crippen molar-refractivity contribution in [2.75, 3.05) is 13.2 Å². The van der Waals surface area contributed by atoms with E-state index in [9.17, 15) is 19.5 Å². The lowest BCUT2D eigenvalue weighted by atomic mass is 9.98. The van der Waals surface area contributed by atoms with Crippen LogP contribution in [0.15, 0.2) is 60.7 Å². The standard InChI is InChI=1S/C27H28N2O5/c1-16-12-13-29(24(16)26(31)32)25(30)17-10-11-18(14-17)28-27(33)34-15-23-21-8-4-2-6-19(21)20-7-3-5-9-22(20)23/h2-11,16-18,23-24H,12-15H2,1H3,(H,28,33)(H,31,32). The number of aliphatic carboxylic acids is 1. The molecule has 2 amide bonds. The van der Waals surface area contributed by atoms with Gasteiger partial charge in [0.2, 0.25) is 5.91 Å². The Morgan fingerprint density at radius 2 is 1.68 bits per heavy atom. The molecule has 2 aromatic rings. The van der Waals surface area contributed by atoms with Gasteiger partial charge < -0.3 is 20.1 Å². The van der Waals surface area contributed by atoms with E-state index in [-0.39, 0.29) is 30.4 Å². The third-order valence-corrected chi connectivity index (χ3v) is 7.28. The largest absolute Gasteiger partial charge is 0.480 e. The zero-order chi connectivity index (χ0) is 23.8. The number of hydrogen-bond donors (Lipinski definition) is 2. The predicted octanol–water partition coefficient (Wildman–Crippen LogP) is 3.79. The molecule has 7 nitrogen and oxygen atoms in total. The van der Waals surface area contributed by atoms with Crippen LogP contribution in [0.1, 0.15) is 36.8 Å². The van der Waals surface area contributed by atoms with Gasteiger partial charge in [-0.1, -0.05) is 67.6 Å². The number of carbonyl (C=O) groups is 3. The van der Waals surface area contributed by atoms with Crippen molar-refractivity contribution in [3.63, 3.8) is 0 Å². The summed E-state index contributed by atoms with van der Waals surface area (Å²) in [6.07, 6.45) is 4.11. The minimum atomic E-state index is -0.964. The van der Waals surface area contributed by atoms with Crippen LogP contribution in [-0.2, 0) is 14.3 Å². The molecule has 0 bridgehead atoms. The van der Waals surface area contributed by atoms with E-state index in [0.29, 0.717) is 19.4 Å². The highest BCUT2D eigenvalue weighted by atomic mass is 16.5. The molecule has 0 aromatic heterocycles. The molecule has 2 aliphatic carbocycles. The first-order valence-electron chi connectivity index (χ1n) is 11.8. The van der Waals surface area contributed by atoms with Crippen molar-refractivity contribution in [3.05, 3.63) is 71.8 Å². The zero-order valence-corrected chi connectivity index (χ0v) is 19.0. The maximum absolute atomic E-state index is 12.9. The van der Waals surface area contributed by atoms with Crippen LogP contribution in [0, 0.1) is 11.8 Å². The van der Waals surface area contributed by atoms with Gasteiger partial charge in [-0.2, -0.15) is 0 Å². The maximum Gasteiger partial charge on any atom is 0.407 e. The number of nitrogens with one attached hydrogen (secondary N) is 1. The molecule has 1 aliphatic heterocycles. The van der Waals surface area contributed by atoms with E-state index in [1.807, 2.05) is 31.2 Å². The average Bonchev–Trinajstić information content (AvgIpc) is 3.53. The van der Waals surface area contributed by atoms with E-state index in [1.54, 1.807) is 12.2 Å². The maximum atomic E-state index is 12.9. The lowest BCUT2D eigenvalue weighted by Crippen LogP contribution is -2.45. The van der Waals surface area contributed by atoms with Gasteiger partial charge in [0.05, 0.1) is 12.0 Å². The Bertz CT molecular complexity index is 1110. The summed E-state index contributed by atoms with van der Waals surface area (Å²) >= 11 is 0. The highest BCUT2D eigenvalue weighted by Crippen LogP contribution is 2.44. The molecule has 1 saturated heterocycles. The minimum Gasteiger partial charge on any atom is -0.480 e. The molecule has 0 radical (unpaired) electrons. The normalized spacial score (nSPS) is 25.1. The summed E-state index contributed by atoms with van der Waals surface area (Å²) in [5.74, 6) is -1.68. The summed E-state index contributed by atoms with van der Waals surface area (Å²) in [7, 11) is 0. The van der Waals surface area contributed by atoms with E-state index in [0.717, 1.165) is 11.1 Å². The summed E-state index contributed by atoms with van der Waals surface area (Å²) in [6.45, 7) is 2.54. The molecular formula is C27H28N2O5. The quantitative estimate of drug-likeness (QED) is 0.662. The highest BCUT2D eigenvalue weighted by Gasteiger charge is 2.42. The number of benzene rings is 2. The molecule has 4 atom stereocenters. The molecule has 0 saturated carbocycles. The van der Waals surface area contributed by atoms with E-state index < -0.39 is 24.0 Å². The number of nitrogens with zero attached hydrogens (tertiary/aromatic N) is 1. The third-order valence-electron chi connectivity index (χ3n) is 7.28. The number of hydrogen-bond acceptors (Lipinski definition) is 4. The van der Waals surface area contributed by atoms with Crippen LogP contribution < -0.4 is 5.32 Å². The molecule has 176 valence electrons. The highest BCUT2D eigenvalue weighted by molar-refractivity contribution is 5.87. The zero-order valence-electron chi connectivity index (χ0n) is 19.0. The van der Waals surface area contributed by atoms with Gasteiger partial charge in [0.15, 0.2) is 0 Å². The number of ether oxygens (including phenoxy) is 1. The van der Waals surface area contributed by atoms with Gasteiger partial charge in [-0.25, -0.2) is 9.59 Å². The van der Waals surface area contributed by atoms with Gasteiger partial charge in [0.1, 0.15) is 12.6 Å². The molecule has 0 spiro atoms. The predicted molar refractivity (Wildman–Crippen MR) is 126 cm³/mol. The van der Waals surface area contributed by atoms with Gasteiger partial charge in [-0.3, -0.25) is 4.79 Å². The van der Waals surface area contributed by atoms with Crippen LogP contribution >= 0.6 is 0 Å².